The third-order valence-corrected chi connectivity index (χ3v) is 4.43. The minimum Gasteiger partial charge on any atom is -0.339 e. The number of hydrogen-bond donors (Lipinski definition) is 0. The van der Waals surface area contributed by atoms with Crippen LogP contribution in [0.25, 0.3) is 0 Å². The number of carbonyl (C=O) groups excluding carboxylic acids is 1. The maximum Gasteiger partial charge on any atom is 0.228 e. The minimum atomic E-state index is -0.313. The van der Waals surface area contributed by atoms with Gasteiger partial charge in [0.05, 0.1) is 0 Å². The molecule has 1 aromatic carbocycles. The van der Waals surface area contributed by atoms with Gasteiger partial charge in [0.15, 0.2) is 0 Å². The van der Waals surface area contributed by atoms with Crippen molar-refractivity contribution in [2.24, 2.45) is 5.41 Å². The van der Waals surface area contributed by atoms with Crippen LogP contribution in [0.3, 0.4) is 0 Å². The minimum absolute atomic E-state index is 0.313. The van der Waals surface area contributed by atoms with Gasteiger partial charge >= 0.3 is 0 Å². The van der Waals surface area contributed by atoms with E-state index in [0.29, 0.717) is 11.9 Å². The highest BCUT2D eigenvalue weighted by atomic mass is 16.2. The molecule has 1 unspecified atom stereocenters. The standard InChI is InChI=1S/C18H27NO/c1-4-16-12-8-9-13-19(16)17(20)18(2,3)14-15-10-6-5-7-11-15/h5-7,10-11,16H,4,8-9,12-14H2,1-3H3. The molecule has 1 saturated heterocycles. The summed E-state index contributed by atoms with van der Waals surface area (Å²) < 4.78 is 0. The van der Waals surface area contributed by atoms with E-state index in [2.05, 4.69) is 37.8 Å². The van der Waals surface area contributed by atoms with Crippen molar-refractivity contribution in [1.29, 1.82) is 0 Å². The highest BCUT2D eigenvalue weighted by Crippen LogP contribution is 2.29. The summed E-state index contributed by atoms with van der Waals surface area (Å²) in [6, 6.07) is 10.8. The van der Waals surface area contributed by atoms with Gasteiger partial charge in [-0.15, -0.1) is 0 Å². The third-order valence-electron chi connectivity index (χ3n) is 4.43. The quantitative estimate of drug-likeness (QED) is 0.810. The number of piperidine rings is 1. The summed E-state index contributed by atoms with van der Waals surface area (Å²) in [4.78, 5) is 15.1. The van der Waals surface area contributed by atoms with E-state index < -0.39 is 0 Å². The summed E-state index contributed by atoms with van der Waals surface area (Å²) in [6.45, 7) is 7.31. The van der Waals surface area contributed by atoms with Crippen LogP contribution in [0.4, 0.5) is 0 Å². The largest absolute Gasteiger partial charge is 0.339 e. The lowest BCUT2D eigenvalue weighted by molar-refractivity contribution is -0.144. The monoisotopic (exact) mass is 273 g/mol. The molecule has 1 aliphatic rings. The van der Waals surface area contributed by atoms with E-state index in [0.717, 1.165) is 25.8 Å². The molecule has 2 heteroatoms. The van der Waals surface area contributed by atoms with Gasteiger partial charge < -0.3 is 4.90 Å². The molecule has 2 nitrogen and oxygen atoms in total. The Morgan fingerprint density at radius 2 is 1.95 bits per heavy atom. The molecule has 1 fully saturated rings. The highest BCUT2D eigenvalue weighted by molar-refractivity contribution is 5.82. The summed E-state index contributed by atoms with van der Waals surface area (Å²) in [7, 11) is 0. The molecule has 0 N–H and O–H groups in total. The lowest BCUT2D eigenvalue weighted by Crippen LogP contribution is -2.49. The second kappa shape index (κ2) is 6.43. The van der Waals surface area contributed by atoms with Crippen molar-refractivity contribution in [2.75, 3.05) is 6.54 Å². The van der Waals surface area contributed by atoms with Crippen molar-refractivity contribution in [3.63, 3.8) is 0 Å². The predicted molar refractivity (Wildman–Crippen MR) is 83.6 cm³/mol. The Kier molecular flexibility index (Phi) is 4.85. The van der Waals surface area contributed by atoms with Crippen molar-refractivity contribution in [3.8, 4) is 0 Å². The summed E-state index contributed by atoms with van der Waals surface area (Å²) in [6.07, 6.45) is 5.49. The van der Waals surface area contributed by atoms with Crippen molar-refractivity contribution in [1.82, 2.24) is 4.90 Å². The average molecular weight is 273 g/mol. The first-order valence-corrected chi connectivity index (χ1v) is 7.89. The van der Waals surface area contributed by atoms with Gasteiger partial charge in [0, 0.05) is 18.0 Å². The molecule has 1 heterocycles. The van der Waals surface area contributed by atoms with E-state index in [1.807, 2.05) is 18.2 Å². The number of carbonyl (C=O) groups is 1. The van der Waals surface area contributed by atoms with E-state index in [1.165, 1.54) is 18.4 Å². The van der Waals surface area contributed by atoms with Gasteiger partial charge in [-0.2, -0.15) is 0 Å². The van der Waals surface area contributed by atoms with Crippen LogP contribution >= 0.6 is 0 Å². The first-order chi connectivity index (χ1) is 9.54. The fraction of sp³-hybridized carbons (Fsp3) is 0.611. The van der Waals surface area contributed by atoms with Gasteiger partial charge in [-0.3, -0.25) is 4.79 Å². The SMILES string of the molecule is CCC1CCCCN1C(=O)C(C)(C)Cc1ccccc1. The first-order valence-electron chi connectivity index (χ1n) is 7.89. The summed E-state index contributed by atoms with van der Waals surface area (Å²) >= 11 is 0. The molecule has 0 saturated carbocycles. The van der Waals surface area contributed by atoms with E-state index in [9.17, 15) is 4.79 Å². The Hall–Kier alpha value is -1.31. The molecule has 0 bridgehead atoms. The first kappa shape index (κ1) is 15.1. The molecule has 1 amide bonds. The van der Waals surface area contributed by atoms with Crippen molar-refractivity contribution >= 4 is 5.91 Å². The molecule has 20 heavy (non-hydrogen) atoms. The van der Waals surface area contributed by atoms with Crippen LogP contribution in [0.2, 0.25) is 0 Å². The van der Waals surface area contributed by atoms with Crippen molar-refractivity contribution < 1.29 is 4.79 Å². The molecule has 0 aliphatic carbocycles. The Labute approximate surface area is 123 Å². The average Bonchev–Trinajstić information content (AvgIpc) is 2.47. The number of rotatable bonds is 4. The molecule has 0 aromatic heterocycles. The predicted octanol–water partition coefficient (Wildman–Crippen LogP) is 4.05. The highest BCUT2D eigenvalue weighted by Gasteiger charge is 2.35. The molecule has 1 aromatic rings. The second-order valence-corrected chi connectivity index (χ2v) is 6.60. The zero-order valence-corrected chi connectivity index (χ0v) is 13.1. The van der Waals surface area contributed by atoms with Gasteiger partial charge in [-0.05, 0) is 37.7 Å². The van der Waals surface area contributed by atoms with Crippen LogP contribution in [0, 0.1) is 5.41 Å². The molecule has 2 rings (SSSR count). The summed E-state index contributed by atoms with van der Waals surface area (Å²) in [5.41, 5.74) is 0.933. The van der Waals surface area contributed by atoms with E-state index in [-0.39, 0.29) is 5.41 Å². The maximum atomic E-state index is 12.9. The van der Waals surface area contributed by atoms with Gasteiger partial charge in [0.25, 0.3) is 0 Å². The number of likely N-dealkylation sites (tertiary alicyclic amines) is 1. The zero-order valence-electron chi connectivity index (χ0n) is 13.1. The van der Waals surface area contributed by atoms with Gasteiger partial charge in [-0.25, -0.2) is 0 Å². The maximum absolute atomic E-state index is 12.9. The fourth-order valence-corrected chi connectivity index (χ4v) is 3.26. The Morgan fingerprint density at radius 1 is 1.25 bits per heavy atom. The normalized spacial score (nSPS) is 19.9. The molecular formula is C18H27NO. The number of benzene rings is 1. The van der Waals surface area contributed by atoms with Gasteiger partial charge in [0.1, 0.15) is 0 Å². The van der Waals surface area contributed by atoms with Crippen LogP contribution in [-0.4, -0.2) is 23.4 Å². The topological polar surface area (TPSA) is 20.3 Å². The fourth-order valence-electron chi connectivity index (χ4n) is 3.26. The van der Waals surface area contributed by atoms with Crippen molar-refractivity contribution in [3.05, 3.63) is 35.9 Å². The van der Waals surface area contributed by atoms with E-state index in [4.69, 9.17) is 0 Å². The van der Waals surface area contributed by atoms with E-state index >= 15 is 0 Å². The van der Waals surface area contributed by atoms with Crippen molar-refractivity contribution in [2.45, 2.75) is 58.9 Å². The van der Waals surface area contributed by atoms with Crippen LogP contribution < -0.4 is 0 Å². The van der Waals surface area contributed by atoms with Crippen LogP contribution in [0.5, 0.6) is 0 Å². The van der Waals surface area contributed by atoms with Gasteiger partial charge in [0.2, 0.25) is 5.91 Å². The Balaban J connectivity index is 2.09. The van der Waals surface area contributed by atoms with Crippen LogP contribution in [0.1, 0.15) is 52.0 Å². The molecule has 0 spiro atoms. The molecular weight excluding hydrogens is 246 g/mol. The smallest absolute Gasteiger partial charge is 0.228 e. The number of hydrogen-bond acceptors (Lipinski definition) is 1. The molecule has 110 valence electrons. The molecule has 1 aliphatic heterocycles. The lowest BCUT2D eigenvalue weighted by atomic mass is 9.83. The number of amides is 1. The molecule has 0 radical (unpaired) electrons. The number of nitrogens with zero attached hydrogens (tertiary/aromatic N) is 1. The van der Waals surface area contributed by atoms with E-state index in [1.54, 1.807) is 0 Å². The summed E-state index contributed by atoms with van der Waals surface area (Å²) in [5, 5.41) is 0. The lowest BCUT2D eigenvalue weighted by Gasteiger charge is -2.40. The third kappa shape index (κ3) is 3.41. The molecule has 1 atom stereocenters. The van der Waals surface area contributed by atoms with Crippen LogP contribution in [0.15, 0.2) is 30.3 Å². The van der Waals surface area contributed by atoms with Crippen LogP contribution in [-0.2, 0) is 11.2 Å². The Morgan fingerprint density at radius 3 is 2.60 bits per heavy atom. The second-order valence-electron chi connectivity index (χ2n) is 6.60. The zero-order chi connectivity index (χ0) is 14.6. The Bertz CT molecular complexity index is 438. The summed E-state index contributed by atoms with van der Waals surface area (Å²) in [5.74, 6) is 0.327. The van der Waals surface area contributed by atoms with Gasteiger partial charge in [-0.1, -0.05) is 51.1 Å².